The fraction of sp³-hybridized carbons (Fsp3) is 0.588. The summed E-state index contributed by atoms with van der Waals surface area (Å²) in [6.45, 7) is 14.6. The van der Waals surface area contributed by atoms with Crippen LogP contribution in [0.15, 0.2) is 14.4 Å². The van der Waals surface area contributed by atoms with Gasteiger partial charge in [-0.2, -0.15) is 0 Å². The van der Waals surface area contributed by atoms with E-state index in [-0.39, 0.29) is 168 Å². The Kier molecular flexibility index (Phi) is 29.8. The van der Waals surface area contributed by atoms with Crippen LogP contribution in [0.5, 0.6) is 0 Å². The van der Waals surface area contributed by atoms with E-state index in [9.17, 15) is 73.2 Å². The minimum atomic E-state index is -0.981. The smallest absolute Gasteiger partial charge is 0.304 e. The molecule has 3 atom stereocenters. The van der Waals surface area contributed by atoms with Crippen LogP contribution in [-0.2, 0) is 79.5 Å². The summed E-state index contributed by atoms with van der Waals surface area (Å²) in [6, 6.07) is -2.94. The second-order valence-corrected chi connectivity index (χ2v) is 19.4. The molecule has 0 aliphatic heterocycles. The Morgan fingerprint density at radius 3 is 0.880 bits per heavy atom. The molecule has 3 aromatic heterocycles. The molecule has 0 saturated carbocycles. The van der Waals surface area contributed by atoms with Gasteiger partial charge in [0.25, 0.3) is 0 Å². The van der Waals surface area contributed by atoms with Crippen molar-refractivity contribution < 1.29 is 75.8 Å². The third-order valence-corrected chi connectivity index (χ3v) is 13.0. The standard InChI is InChI=1S/C51H78N16O15.Fe/c1-28-34(7)65(80)49(77)37(58-28)10-13-43(71)61-31(4)46(74)55-19-16-40(68)52-22-25-64(26-23-53-41(69)17-20-56-47(75)32(5)62-44(72)14-11-38-50(78)66(81)35(8)29(2)59-38)27-24-54-42(70)18-21-57-48(76)33(6)63-45(73)15-12-39-51(79)67(82)36(9)30(3)60-39;/h31-33,80-82H,10-27H2,1-9H3,(H,52,68)(H,53,69)(H,54,70)(H,55,74)(H,56,75)(H,57,76)(H,61,71)(H,62,72)(H,63,73);/t31-,32-,33-;/m0./s1. The van der Waals surface area contributed by atoms with Crippen LogP contribution in [0.2, 0.25) is 0 Å². The summed E-state index contributed by atoms with van der Waals surface area (Å²) in [6.07, 6.45) is -1.12. The van der Waals surface area contributed by atoms with Gasteiger partial charge >= 0.3 is 16.7 Å². The van der Waals surface area contributed by atoms with Crippen molar-refractivity contribution in [2.45, 2.75) is 138 Å². The van der Waals surface area contributed by atoms with E-state index in [0.29, 0.717) is 31.3 Å². The predicted octanol–water partition coefficient (Wildman–Crippen LogP) is -4.20. The summed E-state index contributed by atoms with van der Waals surface area (Å²) < 4.78 is 1.40. The molecule has 0 bridgehead atoms. The molecule has 0 fully saturated rings. The van der Waals surface area contributed by atoms with E-state index >= 15 is 0 Å². The fourth-order valence-electron chi connectivity index (χ4n) is 7.62. The average molecular weight is 1210 g/mol. The maximum Gasteiger partial charge on any atom is 0.304 e. The first-order valence-corrected chi connectivity index (χ1v) is 26.7. The zero-order valence-electron chi connectivity index (χ0n) is 48.2. The van der Waals surface area contributed by atoms with E-state index in [1.54, 1.807) is 20.8 Å². The third kappa shape index (κ3) is 23.6. The molecule has 0 aliphatic carbocycles. The van der Waals surface area contributed by atoms with Crippen molar-refractivity contribution in [3.05, 3.63) is 82.3 Å². The maximum atomic E-state index is 12.8. The molecule has 0 unspecified atom stereocenters. The number of hydrogen-bond acceptors (Lipinski definition) is 19. The van der Waals surface area contributed by atoms with Gasteiger partial charge in [0.05, 0.1) is 34.2 Å². The fourth-order valence-corrected chi connectivity index (χ4v) is 7.62. The average Bonchev–Trinajstić information content (AvgIpc) is 3.52. The first kappa shape index (κ1) is 70.9. The number of aryl methyl sites for hydroxylation is 6. The van der Waals surface area contributed by atoms with Gasteiger partial charge in [-0.05, 0) is 62.3 Å². The Hall–Kier alpha value is -8.25. The zero-order valence-corrected chi connectivity index (χ0v) is 49.3. The van der Waals surface area contributed by atoms with Gasteiger partial charge < -0.3 is 63.5 Å². The molecule has 12 N–H and O–H groups in total. The summed E-state index contributed by atoms with van der Waals surface area (Å²) in [4.78, 5) is 165. The van der Waals surface area contributed by atoms with Crippen molar-refractivity contribution in [3.8, 4) is 0 Å². The molecule has 3 aromatic rings. The third-order valence-electron chi connectivity index (χ3n) is 13.0. The largest absolute Gasteiger partial charge is 0.425 e. The van der Waals surface area contributed by atoms with E-state index in [1.165, 1.54) is 41.5 Å². The SMILES string of the molecule is Cc1nc(CCC(=O)N[C@@H](C)C(=O)NCCC(=O)NCCN(CCNC(=O)CCNC(=O)[C@H](C)NC(=O)CCc2nc(C)c(C)n(O)c2=O)CCNC(=O)CCNC(=O)[C@H](C)NC(=O)CCc2nc(C)c(C)n(O)c2=O)c(=O)n(O)c1C.[Fe]. The molecule has 0 aromatic carbocycles. The molecule has 460 valence electrons. The number of rotatable bonds is 33. The Morgan fingerprint density at radius 2 is 0.639 bits per heavy atom. The minimum absolute atomic E-state index is 0. The Morgan fingerprint density at radius 1 is 0.398 bits per heavy atom. The van der Waals surface area contributed by atoms with Crippen molar-refractivity contribution in [2.24, 2.45) is 0 Å². The summed E-state index contributed by atoms with van der Waals surface area (Å²) >= 11 is 0. The van der Waals surface area contributed by atoms with Crippen LogP contribution in [0, 0.1) is 41.5 Å². The van der Waals surface area contributed by atoms with Crippen molar-refractivity contribution >= 4 is 53.2 Å². The van der Waals surface area contributed by atoms with Crippen LogP contribution in [-0.4, -0.2) is 180 Å². The van der Waals surface area contributed by atoms with Crippen molar-refractivity contribution in [1.29, 1.82) is 0 Å². The van der Waals surface area contributed by atoms with Crippen molar-refractivity contribution in [1.82, 2.24) is 81.9 Å². The van der Waals surface area contributed by atoms with Gasteiger partial charge in [0.2, 0.25) is 53.2 Å². The van der Waals surface area contributed by atoms with Gasteiger partial charge in [-0.1, -0.05) is 0 Å². The number of nitrogens with zero attached hydrogens (tertiary/aromatic N) is 7. The van der Waals surface area contributed by atoms with Crippen molar-refractivity contribution in [3.63, 3.8) is 0 Å². The molecule has 32 heteroatoms. The second kappa shape index (κ2) is 34.9. The second-order valence-electron chi connectivity index (χ2n) is 19.4. The van der Waals surface area contributed by atoms with E-state index in [2.05, 4.69) is 62.8 Å². The molecule has 9 amide bonds. The molecule has 0 spiro atoms. The number of carbonyl (C=O) groups excluding carboxylic acids is 9. The number of hydrogen-bond donors (Lipinski definition) is 12. The first-order chi connectivity index (χ1) is 38.6. The van der Waals surface area contributed by atoms with Crippen LogP contribution >= 0.6 is 0 Å². The molecule has 31 nitrogen and oxygen atoms in total. The monoisotopic (exact) mass is 1210 g/mol. The van der Waals surface area contributed by atoms with E-state index in [4.69, 9.17) is 0 Å². The molecule has 3 rings (SSSR count). The Bertz CT molecular complexity index is 2690. The van der Waals surface area contributed by atoms with Crippen LogP contribution in [0.1, 0.15) is 111 Å². The topological polar surface area (TPSA) is 430 Å². The Balaban J connectivity index is 0.0000235. The number of aromatic nitrogens is 6. The van der Waals surface area contributed by atoms with Crippen LogP contribution in [0.3, 0.4) is 0 Å². The maximum absolute atomic E-state index is 12.8. The summed E-state index contributed by atoms with van der Waals surface area (Å²) in [5, 5.41) is 53.4. The van der Waals surface area contributed by atoms with E-state index < -0.39 is 88.0 Å². The summed E-state index contributed by atoms with van der Waals surface area (Å²) in [7, 11) is 0. The molecular formula is C51H78FeN16O15. The van der Waals surface area contributed by atoms with Gasteiger partial charge in [-0.3, -0.25) is 77.4 Å². The molecule has 0 aliphatic rings. The van der Waals surface area contributed by atoms with Gasteiger partial charge in [0, 0.05) is 134 Å². The predicted molar refractivity (Wildman–Crippen MR) is 292 cm³/mol. The quantitative estimate of drug-likeness (QED) is 0.0203. The summed E-state index contributed by atoms with van der Waals surface area (Å²) in [5.74, 6) is -4.57. The molecule has 3 heterocycles. The minimum Gasteiger partial charge on any atom is -0.425 e. The number of nitrogens with one attached hydrogen (secondary N) is 9. The van der Waals surface area contributed by atoms with E-state index in [1.807, 2.05) is 4.90 Å². The van der Waals surface area contributed by atoms with Crippen LogP contribution < -0.4 is 64.5 Å². The number of carbonyl (C=O) groups is 9. The molecule has 0 radical (unpaired) electrons. The van der Waals surface area contributed by atoms with Gasteiger partial charge in [0.15, 0.2) is 0 Å². The Labute approximate surface area is 488 Å². The molecule has 83 heavy (non-hydrogen) atoms. The summed E-state index contributed by atoms with van der Waals surface area (Å²) in [5.41, 5.74) is -0.222. The molecule has 0 saturated heterocycles. The van der Waals surface area contributed by atoms with Gasteiger partial charge in [-0.25, -0.2) is 0 Å². The van der Waals surface area contributed by atoms with Crippen LogP contribution in [0.25, 0.3) is 0 Å². The first-order valence-electron chi connectivity index (χ1n) is 26.7. The normalized spacial score (nSPS) is 11.9. The van der Waals surface area contributed by atoms with Gasteiger partial charge in [-0.15, -0.1) is 14.2 Å². The van der Waals surface area contributed by atoms with E-state index in [0.717, 1.165) is 0 Å². The van der Waals surface area contributed by atoms with Crippen LogP contribution in [0.4, 0.5) is 0 Å². The number of amides is 9. The molecular weight excluding hydrogens is 1130 g/mol. The van der Waals surface area contributed by atoms with Gasteiger partial charge in [0.1, 0.15) is 35.2 Å². The zero-order chi connectivity index (χ0) is 61.4. The van der Waals surface area contributed by atoms with Crippen molar-refractivity contribution in [2.75, 3.05) is 58.9 Å².